The first-order chi connectivity index (χ1) is 4.36. The third-order valence-electron chi connectivity index (χ3n) is 1.41. The summed E-state index contributed by atoms with van der Waals surface area (Å²) in [6.45, 7) is 2.11. The molecule has 0 aromatic heterocycles. The van der Waals surface area contributed by atoms with Crippen molar-refractivity contribution in [2.75, 3.05) is 6.61 Å². The predicted octanol–water partition coefficient (Wildman–Crippen LogP) is 0.534. The predicted molar refractivity (Wildman–Crippen MR) is 34.3 cm³/mol. The summed E-state index contributed by atoms with van der Waals surface area (Å²) < 4.78 is 0. The normalized spacial score (nSPS) is 25.6. The SMILES string of the molecule is CCC1=NO[C@@H](CO)C1. The smallest absolute Gasteiger partial charge is 0.155 e. The maximum Gasteiger partial charge on any atom is 0.155 e. The fourth-order valence-corrected chi connectivity index (χ4v) is 0.793. The number of rotatable bonds is 2. The van der Waals surface area contributed by atoms with Crippen molar-refractivity contribution in [2.24, 2.45) is 5.16 Å². The second-order valence-corrected chi connectivity index (χ2v) is 2.13. The van der Waals surface area contributed by atoms with Crippen molar-refractivity contribution in [1.82, 2.24) is 0 Å². The highest BCUT2D eigenvalue weighted by Crippen LogP contribution is 2.10. The molecule has 0 aromatic carbocycles. The number of aliphatic hydroxyl groups excluding tert-OH is 1. The minimum absolute atomic E-state index is 0.0695. The van der Waals surface area contributed by atoms with Crippen LogP contribution in [0.2, 0.25) is 0 Å². The Bertz CT molecular complexity index is 122. The van der Waals surface area contributed by atoms with Crippen LogP contribution in [0.25, 0.3) is 0 Å². The topological polar surface area (TPSA) is 41.8 Å². The molecule has 9 heavy (non-hydrogen) atoms. The summed E-state index contributed by atoms with van der Waals surface area (Å²) in [5, 5.41) is 12.3. The Morgan fingerprint density at radius 3 is 3.00 bits per heavy atom. The molecule has 0 amide bonds. The quantitative estimate of drug-likeness (QED) is 0.591. The number of hydrogen-bond acceptors (Lipinski definition) is 3. The molecule has 0 fully saturated rings. The molecule has 1 heterocycles. The van der Waals surface area contributed by atoms with Crippen LogP contribution in [0.15, 0.2) is 5.16 Å². The molecule has 1 N–H and O–H groups in total. The van der Waals surface area contributed by atoms with E-state index in [1.54, 1.807) is 0 Å². The van der Waals surface area contributed by atoms with Crippen LogP contribution < -0.4 is 0 Å². The Morgan fingerprint density at radius 1 is 1.89 bits per heavy atom. The Kier molecular flexibility index (Phi) is 2.05. The van der Waals surface area contributed by atoms with E-state index < -0.39 is 0 Å². The Labute approximate surface area is 54.3 Å². The lowest BCUT2D eigenvalue weighted by molar-refractivity contribution is 0.0390. The number of nitrogens with zero attached hydrogens (tertiary/aromatic N) is 1. The molecule has 1 rings (SSSR count). The van der Waals surface area contributed by atoms with Crippen molar-refractivity contribution < 1.29 is 9.94 Å². The number of hydrogen-bond donors (Lipinski definition) is 1. The third kappa shape index (κ3) is 1.42. The van der Waals surface area contributed by atoms with Crippen LogP contribution in [0, 0.1) is 0 Å². The van der Waals surface area contributed by atoms with E-state index in [-0.39, 0.29) is 12.7 Å². The van der Waals surface area contributed by atoms with Crippen LogP contribution in [0.4, 0.5) is 0 Å². The van der Waals surface area contributed by atoms with Crippen LogP contribution in [-0.2, 0) is 4.84 Å². The highest BCUT2D eigenvalue weighted by atomic mass is 16.6. The molecular formula is C6H11NO2. The molecule has 0 spiro atoms. The second kappa shape index (κ2) is 2.82. The van der Waals surface area contributed by atoms with Gasteiger partial charge in [-0.3, -0.25) is 0 Å². The van der Waals surface area contributed by atoms with Gasteiger partial charge in [-0.1, -0.05) is 12.1 Å². The van der Waals surface area contributed by atoms with Crippen molar-refractivity contribution in [1.29, 1.82) is 0 Å². The van der Waals surface area contributed by atoms with Crippen molar-refractivity contribution in [3.8, 4) is 0 Å². The molecule has 1 aliphatic rings. The van der Waals surface area contributed by atoms with Crippen molar-refractivity contribution in [3.05, 3.63) is 0 Å². The van der Waals surface area contributed by atoms with Crippen molar-refractivity contribution in [2.45, 2.75) is 25.9 Å². The van der Waals surface area contributed by atoms with Gasteiger partial charge in [-0.05, 0) is 6.42 Å². The van der Waals surface area contributed by atoms with E-state index in [0.717, 1.165) is 18.6 Å². The molecule has 0 unspecified atom stereocenters. The molecule has 52 valence electrons. The summed E-state index contributed by atoms with van der Waals surface area (Å²) >= 11 is 0. The first-order valence-electron chi connectivity index (χ1n) is 3.19. The van der Waals surface area contributed by atoms with Crippen molar-refractivity contribution >= 4 is 5.71 Å². The minimum atomic E-state index is -0.0695. The monoisotopic (exact) mass is 129 g/mol. The first kappa shape index (κ1) is 6.55. The average Bonchev–Trinajstić information content (AvgIpc) is 2.34. The van der Waals surface area contributed by atoms with E-state index in [4.69, 9.17) is 9.94 Å². The highest BCUT2D eigenvalue weighted by Gasteiger charge is 2.17. The zero-order valence-corrected chi connectivity index (χ0v) is 5.50. The van der Waals surface area contributed by atoms with Crippen LogP contribution in [-0.4, -0.2) is 23.5 Å². The zero-order valence-electron chi connectivity index (χ0n) is 5.50. The van der Waals surface area contributed by atoms with E-state index in [1.165, 1.54) is 0 Å². The number of aliphatic hydroxyl groups is 1. The standard InChI is InChI=1S/C6H11NO2/c1-2-5-3-6(4-8)9-7-5/h6,8H,2-4H2,1H3/t6-/m1/s1. The van der Waals surface area contributed by atoms with Crippen molar-refractivity contribution in [3.63, 3.8) is 0 Å². The number of oxime groups is 1. The second-order valence-electron chi connectivity index (χ2n) is 2.13. The summed E-state index contributed by atoms with van der Waals surface area (Å²) in [5.41, 5.74) is 1.05. The molecule has 1 atom stereocenters. The van der Waals surface area contributed by atoms with Gasteiger partial charge in [0.05, 0.1) is 12.3 Å². The molecular weight excluding hydrogens is 118 g/mol. The van der Waals surface area contributed by atoms with Gasteiger partial charge >= 0.3 is 0 Å². The van der Waals surface area contributed by atoms with Gasteiger partial charge in [0.1, 0.15) is 0 Å². The molecule has 1 aliphatic heterocycles. The summed E-state index contributed by atoms with van der Waals surface area (Å²) in [4.78, 5) is 4.84. The van der Waals surface area contributed by atoms with E-state index in [2.05, 4.69) is 5.16 Å². The summed E-state index contributed by atoms with van der Waals surface area (Å²) in [6, 6.07) is 0. The van der Waals surface area contributed by atoms with E-state index in [1.807, 2.05) is 6.92 Å². The molecule has 0 aromatic rings. The maximum atomic E-state index is 8.58. The van der Waals surface area contributed by atoms with Gasteiger partial charge in [0, 0.05) is 6.42 Å². The van der Waals surface area contributed by atoms with Gasteiger partial charge in [0.15, 0.2) is 6.10 Å². The van der Waals surface area contributed by atoms with Gasteiger partial charge in [-0.2, -0.15) is 0 Å². The summed E-state index contributed by atoms with van der Waals surface area (Å²) in [6.07, 6.45) is 1.66. The van der Waals surface area contributed by atoms with Crippen LogP contribution >= 0.6 is 0 Å². The Morgan fingerprint density at radius 2 is 2.67 bits per heavy atom. The van der Waals surface area contributed by atoms with Gasteiger partial charge in [0.2, 0.25) is 0 Å². The van der Waals surface area contributed by atoms with E-state index >= 15 is 0 Å². The van der Waals surface area contributed by atoms with Crippen LogP contribution in [0.3, 0.4) is 0 Å². The lowest BCUT2D eigenvalue weighted by atomic mass is 10.1. The van der Waals surface area contributed by atoms with Gasteiger partial charge < -0.3 is 9.94 Å². The average molecular weight is 129 g/mol. The van der Waals surface area contributed by atoms with E-state index in [0.29, 0.717) is 0 Å². The largest absolute Gasteiger partial charge is 0.392 e. The third-order valence-corrected chi connectivity index (χ3v) is 1.41. The highest BCUT2D eigenvalue weighted by molar-refractivity contribution is 5.85. The summed E-state index contributed by atoms with van der Waals surface area (Å²) in [5.74, 6) is 0. The molecule has 3 nitrogen and oxygen atoms in total. The first-order valence-corrected chi connectivity index (χ1v) is 3.19. The Hall–Kier alpha value is -0.570. The molecule has 0 radical (unpaired) electrons. The fraction of sp³-hybridized carbons (Fsp3) is 0.833. The lowest BCUT2D eigenvalue weighted by Gasteiger charge is -2.00. The van der Waals surface area contributed by atoms with E-state index in [9.17, 15) is 0 Å². The Balaban J connectivity index is 2.31. The minimum Gasteiger partial charge on any atom is -0.392 e. The van der Waals surface area contributed by atoms with Gasteiger partial charge in [0.25, 0.3) is 0 Å². The molecule has 0 saturated carbocycles. The molecule has 0 bridgehead atoms. The van der Waals surface area contributed by atoms with Crippen LogP contribution in [0.5, 0.6) is 0 Å². The molecule has 0 aliphatic carbocycles. The lowest BCUT2D eigenvalue weighted by Crippen LogP contribution is -2.11. The zero-order chi connectivity index (χ0) is 6.69. The van der Waals surface area contributed by atoms with Gasteiger partial charge in [-0.15, -0.1) is 0 Å². The molecule has 3 heteroatoms. The summed E-state index contributed by atoms with van der Waals surface area (Å²) in [7, 11) is 0. The maximum absolute atomic E-state index is 8.58. The fourth-order valence-electron chi connectivity index (χ4n) is 0.793. The van der Waals surface area contributed by atoms with Gasteiger partial charge in [-0.25, -0.2) is 0 Å². The molecule has 0 saturated heterocycles. The van der Waals surface area contributed by atoms with Crippen LogP contribution in [0.1, 0.15) is 19.8 Å².